The van der Waals surface area contributed by atoms with Gasteiger partial charge in [0.15, 0.2) is 15.0 Å². The second-order valence-corrected chi connectivity index (χ2v) is 11.1. The zero-order chi connectivity index (χ0) is 22.1. The summed E-state index contributed by atoms with van der Waals surface area (Å²) < 4.78 is 30.7. The number of aryl methyl sites for hydroxylation is 1. The number of halogens is 2. The summed E-state index contributed by atoms with van der Waals surface area (Å²) in [5.74, 6) is 0.520. The lowest BCUT2D eigenvalue weighted by atomic mass is 10.1. The molecule has 1 amide bonds. The van der Waals surface area contributed by atoms with E-state index in [-0.39, 0.29) is 17.2 Å². The first-order chi connectivity index (χ1) is 14.1. The predicted molar refractivity (Wildman–Crippen MR) is 125 cm³/mol. The van der Waals surface area contributed by atoms with Gasteiger partial charge in [0, 0.05) is 17.7 Å². The van der Waals surface area contributed by atoms with Gasteiger partial charge in [-0.25, -0.2) is 13.4 Å². The van der Waals surface area contributed by atoms with Crippen molar-refractivity contribution >= 4 is 70.0 Å². The molecule has 0 fully saturated rings. The molecule has 0 aliphatic heterocycles. The van der Waals surface area contributed by atoms with E-state index < -0.39 is 9.84 Å². The summed E-state index contributed by atoms with van der Waals surface area (Å²) >= 11 is 11.0. The van der Waals surface area contributed by atoms with Crippen molar-refractivity contribution in [1.29, 1.82) is 0 Å². The maximum atomic E-state index is 12.2. The van der Waals surface area contributed by atoms with Crippen LogP contribution in [0.2, 0.25) is 5.02 Å². The van der Waals surface area contributed by atoms with E-state index in [0.29, 0.717) is 39.1 Å². The van der Waals surface area contributed by atoms with Crippen molar-refractivity contribution in [2.75, 3.05) is 18.2 Å². The summed E-state index contributed by atoms with van der Waals surface area (Å²) in [4.78, 5) is 16.8. The number of anilines is 1. The maximum Gasteiger partial charge on any atom is 0.226 e. The van der Waals surface area contributed by atoms with Gasteiger partial charge in [-0.2, -0.15) is 0 Å². The number of nitrogens with zero attached hydrogens (tertiary/aromatic N) is 1. The van der Waals surface area contributed by atoms with Gasteiger partial charge in [0.1, 0.15) is 5.75 Å². The summed E-state index contributed by atoms with van der Waals surface area (Å²) in [6.07, 6.45) is 1.96. The van der Waals surface area contributed by atoms with E-state index in [1.54, 1.807) is 12.1 Å². The number of fused-ring (bicyclic) bond motifs is 1. The van der Waals surface area contributed by atoms with Gasteiger partial charge in [-0.1, -0.05) is 22.9 Å². The van der Waals surface area contributed by atoms with Crippen LogP contribution in [-0.2, 0) is 14.6 Å². The lowest BCUT2D eigenvalue weighted by Gasteiger charge is -2.13. The van der Waals surface area contributed by atoms with Crippen LogP contribution >= 0.6 is 38.9 Å². The van der Waals surface area contributed by atoms with Crippen LogP contribution in [0.4, 0.5) is 5.13 Å². The number of sulfone groups is 1. The largest absolute Gasteiger partial charge is 0.492 e. The SMILES string of the molecule is Cc1cc(OCCCC(=O)Nc2nc3ccc(S(C)(=O)=O)cc3s2)c(Br)c(C)c1Cl. The highest BCUT2D eigenvalue weighted by Crippen LogP contribution is 2.35. The summed E-state index contributed by atoms with van der Waals surface area (Å²) in [6, 6.07) is 6.59. The fourth-order valence-electron chi connectivity index (χ4n) is 2.79. The molecule has 0 aliphatic rings. The van der Waals surface area contributed by atoms with Gasteiger partial charge >= 0.3 is 0 Å². The Morgan fingerprint density at radius 3 is 2.73 bits per heavy atom. The zero-order valence-electron chi connectivity index (χ0n) is 16.6. The number of rotatable bonds is 7. The molecule has 0 radical (unpaired) electrons. The number of carbonyl (C=O) groups excluding carboxylic acids is 1. The summed E-state index contributed by atoms with van der Waals surface area (Å²) in [6.45, 7) is 4.21. The standard InChI is InChI=1S/C20H20BrClN2O4S2/c1-11-9-15(18(21)12(2)19(11)22)28-8-4-5-17(25)24-20-23-14-7-6-13(30(3,26)27)10-16(14)29-20/h6-7,9-10H,4-5,8H2,1-3H3,(H,23,24,25). The van der Waals surface area contributed by atoms with Crippen LogP contribution in [0.15, 0.2) is 33.6 Å². The topological polar surface area (TPSA) is 85.4 Å². The van der Waals surface area contributed by atoms with Crippen LogP contribution in [-0.4, -0.2) is 32.2 Å². The summed E-state index contributed by atoms with van der Waals surface area (Å²) in [5, 5.41) is 3.90. The molecule has 10 heteroatoms. The third-order valence-corrected chi connectivity index (χ3v) is 8.02. The molecule has 0 saturated carbocycles. The van der Waals surface area contributed by atoms with Gasteiger partial charge in [-0.3, -0.25) is 4.79 Å². The first-order valence-corrected chi connectivity index (χ1v) is 12.9. The number of hydrogen-bond acceptors (Lipinski definition) is 6. The normalized spacial score (nSPS) is 11.6. The Kier molecular flexibility index (Phi) is 7.06. The molecule has 0 bridgehead atoms. The molecular formula is C20H20BrClN2O4S2. The van der Waals surface area contributed by atoms with Gasteiger partial charge in [0.05, 0.1) is 26.2 Å². The average Bonchev–Trinajstić information content (AvgIpc) is 3.07. The molecule has 3 rings (SSSR count). The molecule has 6 nitrogen and oxygen atoms in total. The van der Waals surface area contributed by atoms with Crippen LogP contribution in [0.25, 0.3) is 10.2 Å². The highest BCUT2D eigenvalue weighted by Gasteiger charge is 2.13. The minimum Gasteiger partial charge on any atom is -0.492 e. The zero-order valence-corrected chi connectivity index (χ0v) is 20.6. The van der Waals surface area contributed by atoms with Crippen molar-refractivity contribution in [2.45, 2.75) is 31.6 Å². The molecule has 30 heavy (non-hydrogen) atoms. The average molecular weight is 532 g/mol. The second-order valence-electron chi connectivity index (χ2n) is 6.87. The first-order valence-electron chi connectivity index (χ1n) is 9.04. The molecule has 0 saturated heterocycles. The number of ether oxygens (including phenoxy) is 1. The minimum atomic E-state index is -3.29. The fourth-order valence-corrected chi connectivity index (χ4v) is 5.12. The fraction of sp³-hybridized carbons (Fsp3) is 0.300. The van der Waals surface area contributed by atoms with Gasteiger partial charge in [-0.15, -0.1) is 0 Å². The van der Waals surface area contributed by atoms with E-state index >= 15 is 0 Å². The molecule has 2 aromatic carbocycles. The Bertz CT molecular complexity index is 1230. The van der Waals surface area contributed by atoms with Crippen LogP contribution in [0, 0.1) is 13.8 Å². The first kappa shape index (κ1) is 23.0. The molecule has 1 N–H and O–H groups in total. The number of hydrogen-bond donors (Lipinski definition) is 1. The molecule has 1 aromatic heterocycles. The van der Waals surface area contributed by atoms with Crippen LogP contribution in [0.1, 0.15) is 24.0 Å². The van der Waals surface area contributed by atoms with E-state index in [9.17, 15) is 13.2 Å². The Labute approximate surface area is 192 Å². The van der Waals surface area contributed by atoms with E-state index in [0.717, 1.165) is 21.9 Å². The van der Waals surface area contributed by atoms with Crippen LogP contribution in [0.5, 0.6) is 5.75 Å². The van der Waals surface area contributed by atoms with Gasteiger partial charge in [-0.05, 0) is 71.6 Å². The molecule has 1 heterocycles. The molecule has 0 unspecified atom stereocenters. The van der Waals surface area contributed by atoms with E-state index in [4.69, 9.17) is 16.3 Å². The number of aromatic nitrogens is 1. The van der Waals surface area contributed by atoms with E-state index in [2.05, 4.69) is 26.2 Å². The quantitative estimate of drug-likeness (QED) is 0.405. The van der Waals surface area contributed by atoms with Gasteiger partial charge in [0.2, 0.25) is 5.91 Å². The smallest absolute Gasteiger partial charge is 0.226 e. The highest BCUT2D eigenvalue weighted by atomic mass is 79.9. The molecule has 0 aliphatic carbocycles. The van der Waals surface area contributed by atoms with E-state index in [1.807, 2.05) is 19.9 Å². The van der Waals surface area contributed by atoms with Crippen molar-refractivity contribution < 1.29 is 17.9 Å². The predicted octanol–water partition coefficient (Wildman–Crippen LogP) is 5.53. The van der Waals surface area contributed by atoms with Gasteiger partial charge in [0.25, 0.3) is 0 Å². The third kappa shape index (κ3) is 5.32. The molecular weight excluding hydrogens is 512 g/mol. The van der Waals surface area contributed by atoms with Crippen molar-refractivity contribution in [3.05, 3.63) is 44.9 Å². The molecule has 0 spiro atoms. The van der Waals surface area contributed by atoms with Crippen LogP contribution in [0.3, 0.4) is 0 Å². The number of benzene rings is 2. The molecule has 3 aromatic rings. The second kappa shape index (κ2) is 9.21. The van der Waals surface area contributed by atoms with Crippen molar-refractivity contribution in [1.82, 2.24) is 4.98 Å². The van der Waals surface area contributed by atoms with Crippen molar-refractivity contribution in [3.8, 4) is 5.75 Å². The number of carbonyl (C=O) groups is 1. The summed E-state index contributed by atoms with van der Waals surface area (Å²) in [7, 11) is -3.29. The Balaban J connectivity index is 1.55. The summed E-state index contributed by atoms with van der Waals surface area (Å²) in [5.41, 5.74) is 2.49. The van der Waals surface area contributed by atoms with Gasteiger partial charge < -0.3 is 10.1 Å². The van der Waals surface area contributed by atoms with Crippen LogP contribution < -0.4 is 10.1 Å². The monoisotopic (exact) mass is 530 g/mol. The number of amides is 1. The van der Waals surface area contributed by atoms with Crippen molar-refractivity contribution in [2.24, 2.45) is 0 Å². The van der Waals surface area contributed by atoms with Crippen molar-refractivity contribution in [3.63, 3.8) is 0 Å². The minimum absolute atomic E-state index is 0.177. The molecule has 160 valence electrons. The Morgan fingerprint density at radius 2 is 2.03 bits per heavy atom. The maximum absolute atomic E-state index is 12.2. The third-order valence-electron chi connectivity index (χ3n) is 4.41. The van der Waals surface area contributed by atoms with E-state index in [1.165, 1.54) is 17.4 Å². The Hall–Kier alpha value is -1.68. The number of nitrogens with one attached hydrogen (secondary N) is 1. The highest BCUT2D eigenvalue weighted by molar-refractivity contribution is 9.10. The number of thiazole rings is 1. The lowest BCUT2D eigenvalue weighted by Crippen LogP contribution is -2.12. The Morgan fingerprint density at radius 1 is 1.30 bits per heavy atom. The molecule has 0 atom stereocenters. The lowest BCUT2D eigenvalue weighted by molar-refractivity contribution is -0.116.